The first-order chi connectivity index (χ1) is 12.8. The molecule has 0 unspecified atom stereocenters. The fourth-order valence-corrected chi connectivity index (χ4v) is 2.19. The molecule has 1 aromatic heterocycles. The molecule has 0 amide bonds. The van der Waals surface area contributed by atoms with Gasteiger partial charge in [-0.25, -0.2) is 0 Å². The summed E-state index contributed by atoms with van der Waals surface area (Å²) in [5, 5.41) is 65.9. The van der Waals surface area contributed by atoms with E-state index in [4.69, 9.17) is 14.9 Å². The zero-order valence-corrected chi connectivity index (χ0v) is 14.6. The van der Waals surface area contributed by atoms with Crippen LogP contribution in [0.15, 0.2) is 12.4 Å². The summed E-state index contributed by atoms with van der Waals surface area (Å²) >= 11 is 0. The van der Waals surface area contributed by atoms with Crippen LogP contribution in [0.1, 0.15) is 30.3 Å². The van der Waals surface area contributed by atoms with Gasteiger partial charge in [0.05, 0.1) is 36.9 Å². The number of aliphatic hydroxyl groups excluding tert-OH is 6. The van der Waals surface area contributed by atoms with E-state index >= 15 is 0 Å². The number of nitrogens with zero attached hydrogens (tertiary/aromatic N) is 2. The summed E-state index contributed by atoms with van der Waals surface area (Å²) in [5.41, 5.74) is 0.292. The molecule has 0 bridgehead atoms. The lowest BCUT2D eigenvalue weighted by atomic mass is 10.1. The van der Waals surface area contributed by atoms with Crippen molar-refractivity contribution in [2.75, 3.05) is 19.8 Å². The van der Waals surface area contributed by atoms with Crippen LogP contribution in [0.2, 0.25) is 0 Å². The van der Waals surface area contributed by atoms with Gasteiger partial charge in [-0.2, -0.15) is 0 Å². The van der Waals surface area contributed by atoms with Crippen molar-refractivity contribution in [3.63, 3.8) is 0 Å². The maximum Gasteiger partial charge on any atom is 0.303 e. The van der Waals surface area contributed by atoms with Crippen molar-refractivity contribution in [2.45, 2.75) is 49.8 Å². The summed E-state index contributed by atoms with van der Waals surface area (Å²) in [5.74, 6) is -0.994. The van der Waals surface area contributed by atoms with E-state index in [1.807, 2.05) is 0 Å². The van der Waals surface area contributed by atoms with E-state index in [2.05, 4.69) is 9.97 Å². The molecule has 0 aromatic carbocycles. The number of ether oxygens (including phenoxy) is 1. The average Bonchev–Trinajstić information content (AvgIpc) is 2.66. The van der Waals surface area contributed by atoms with Crippen LogP contribution in [0.5, 0.6) is 0 Å². The van der Waals surface area contributed by atoms with Crippen LogP contribution < -0.4 is 0 Å². The molecule has 0 aliphatic carbocycles. The third kappa shape index (κ3) is 7.81. The Morgan fingerprint density at radius 3 is 2.26 bits per heavy atom. The minimum absolute atomic E-state index is 0.00367. The molecule has 0 fully saturated rings. The molecule has 5 atom stereocenters. The molecule has 1 rings (SSSR count). The second-order valence-electron chi connectivity index (χ2n) is 5.98. The summed E-state index contributed by atoms with van der Waals surface area (Å²) in [7, 11) is 0. The standard InChI is InChI=1S/C16H26N2O9/c19-7-12(22)11(21)4-9-5-18-10(6-17-9)15(25)16(26)13(8-20)27-3-1-2-14(23)24/h5-6,11-13,15-16,19-22,25-26H,1-4,7-8H2,(H,23,24)/t11-,12+,13-,15+,16+/m0/s1. The van der Waals surface area contributed by atoms with E-state index in [0.29, 0.717) is 5.69 Å². The number of aliphatic carboxylic acids is 1. The number of carbonyl (C=O) groups is 1. The van der Waals surface area contributed by atoms with Crippen LogP contribution in [0.4, 0.5) is 0 Å². The smallest absolute Gasteiger partial charge is 0.303 e. The van der Waals surface area contributed by atoms with Crippen LogP contribution in [0, 0.1) is 0 Å². The Morgan fingerprint density at radius 1 is 1.04 bits per heavy atom. The lowest BCUT2D eigenvalue weighted by Gasteiger charge is -2.25. The molecular formula is C16H26N2O9. The molecular weight excluding hydrogens is 364 g/mol. The van der Waals surface area contributed by atoms with E-state index in [9.17, 15) is 30.3 Å². The molecule has 11 nitrogen and oxygen atoms in total. The Labute approximate surface area is 155 Å². The highest BCUT2D eigenvalue weighted by atomic mass is 16.5. The highest BCUT2D eigenvalue weighted by Crippen LogP contribution is 2.19. The molecule has 27 heavy (non-hydrogen) atoms. The third-order valence-electron chi connectivity index (χ3n) is 3.83. The quantitative estimate of drug-likeness (QED) is 0.174. The van der Waals surface area contributed by atoms with Crippen molar-refractivity contribution in [1.29, 1.82) is 0 Å². The van der Waals surface area contributed by atoms with Gasteiger partial charge in [-0.15, -0.1) is 0 Å². The van der Waals surface area contributed by atoms with Crippen molar-refractivity contribution in [2.24, 2.45) is 0 Å². The topological polar surface area (TPSA) is 194 Å². The number of aliphatic hydroxyl groups is 6. The first-order valence-corrected chi connectivity index (χ1v) is 8.38. The van der Waals surface area contributed by atoms with Crippen molar-refractivity contribution in [3.05, 3.63) is 23.8 Å². The van der Waals surface area contributed by atoms with Gasteiger partial charge in [0.1, 0.15) is 24.4 Å². The minimum atomic E-state index is -1.53. The van der Waals surface area contributed by atoms with Crippen LogP contribution >= 0.6 is 0 Å². The van der Waals surface area contributed by atoms with Gasteiger partial charge in [-0.1, -0.05) is 0 Å². The maximum atomic E-state index is 10.4. The molecule has 0 spiro atoms. The Balaban J connectivity index is 2.62. The zero-order valence-electron chi connectivity index (χ0n) is 14.6. The predicted octanol–water partition coefficient (Wildman–Crippen LogP) is -2.63. The van der Waals surface area contributed by atoms with Gasteiger partial charge < -0.3 is 40.5 Å². The van der Waals surface area contributed by atoms with Crippen LogP contribution in [0.3, 0.4) is 0 Å². The van der Waals surface area contributed by atoms with Crippen molar-refractivity contribution in [1.82, 2.24) is 9.97 Å². The van der Waals surface area contributed by atoms with Gasteiger partial charge in [0.25, 0.3) is 0 Å². The van der Waals surface area contributed by atoms with Crippen molar-refractivity contribution in [3.8, 4) is 0 Å². The van der Waals surface area contributed by atoms with Gasteiger partial charge in [-0.05, 0) is 6.42 Å². The molecule has 7 N–H and O–H groups in total. The summed E-state index contributed by atoms with van der Waals surface area (Å²) in [6, 6.07) is 0. The fourth-order valence-electron chi connectivity index (χ4n) is 2.19. The number of hydrogen-bond donors (Lipinski definition) is 7. The predicted molar refractivity (Wildman–Crippen MR) is 89.5 cm³/mol. The number of hydrogen-bond acceptors (Lipinski definition) is 10. The molecule has 0 radical (unpaired) electrons. The Kier molecular flexibility index (Phi) is 10.3. The lowest BCUT2D eigenvalue weighted by molar-refractivity contribution is -0.138. The maximum absolute atomic E-state index is 10.4. The van der Waals surface area contributed by atoms with E-state index in [-0.39, 0.29) is 31.6 Å². The molecule has 0 saturated carbocycles. The van der Waals surface area contributed by atoms with E-state index in [1.54, 1.807) is 0 Å². The first kappa shape index (κ1) is 23.3. The van der Waals surface area contributed by atoms with Gasteiger partial charge >= 0.3 is 5.97 Å². The normalized spacial score (nSPS) is 17.1. The summed E-state index contributed by atoms with van der Waals surface area (Å²) in [4.78, 5) is 18.3. The summed E-state index contributed by atoms with van der Waals surface area (Å²) in [6.45, 7) is -1.22. The fraction of sp³-hybridized carbons (Fsp3) is 0.688. The average molecular weight is 390 g/mol. The Morgan fingerprint density at radius 2 is 1.74 bits per heavy atom. The lowest BCUT2D eigenvalue weighted by Crippen LogP contribution is -2.38. The number of aromatic nitrogens is 2. The van der Waals surface area contributed by atoms with E-state index < -0.39 is 49.7 Å². The minimum Gasteiger partial charge on any atom is -0.481 e. The van der Waals surface area contributed by atoms with E-state index in [1.165, 1.54) is 12.4 Å². The van der Waals surface area contributed by atoms with Crippen molar-refractivity contribution >= 4 is 5.97 Å². The summed E-state index contributed by atoms with van der Waals surface area (Å²) in [6.07, 6.45) is -4.34. The highest BCUT2D eigenvalue weighted by molar-refractivity contribution is 5.66. The second-order valence-corrected chi connectivity index (χ2v) is 5.98. The monoisotopic (exact) mass is 390 g/mol. The van der Waals surface area contributed by atoms with Gasteiger partial charge in [0.2, 0.25) is 0 Å². The summed E-state index contributed by atoms with van der Waals surface area (Å²) < 4.78 is 5.21. The van der Waals surface area contributed by atoms with E-state index in [0.717, 1.165) is 0 Å². The molecule has 154 valence electrons. The van der Waals surface area contributed by atoms with Crippen molar-refractivity contribution < 1.29 is 45.3 Å². The van der Waals surface area contributed by atoms with Crippen LogP contribution in [-0.2, 0) is 16.0 Å². The molecule has 0 aliphatic rings. The molecule has 1 aromatic rings. The first-order valence-electron chi connectivity index (χ1n) is 8.38. The molecule has 0 aliphatic heterocycles. The number of carboxylic acids is 1. The third-order valence-corrected chi connectivity index (χ3v) is 3.83. The van der Waals surface area contributed by atoms with Gasteiger partial charge in [-0.3, -0.25) is 14.8 Å². The Hall–Kier alpha value is -1.73. The second kappa shape index (κ2) is 11.9. The van der Waals surface area contributed by atoms with Gasteiger partial charge in [0.15, 0.2) is 0 Å². The SMILES string of the molecule is O=C(O)CCCO[C@@H](CO)[C@@H](O)[C@H](O)c1cnc(C[C@H](O)[C@H](O)CO)cn1. The zero-order chi connectivity index (χ0) is 20.4. The molecule has 1 heterocycles. The molecule has 11 heteroatoms. The van der Waals surface area contributed by atoms with Crippen LogP contribution in [0.25, 0.3) is 0 Å². The molecule has 0 saturated heterocycles. The number of rotatable bonds is 13. The highest BCUT2D eigenvalue weighted by Gasteiger charge is 2.29. The largest absolute Gasteiger partial charge is 0.481 e. The van der Waals surface area contributed by atoms with Crippen LogP contribution in [-0.4, -0.2) is 95.9 Å². The Bertz CT molecular complexity index is 557. The number of carboxylic acid groups (broad SMARTS) is 1. The van der Waals surface area contributed by atoms with Gasteiger partial charge in [0, 0.05) is 25.6 Å².